The third kappa shape index (κ3) is 3.25. The molecule has 78 valence electrons. The van der Waals surface area contributed by atoms with Crippen LogP contribution in [0.4, 0.5) is 0 Å². The summed E-state index contributed by atoms with van der Waals surface area (Å²) in [6.07, 6.45) is -8.08. The molecule has 0 saturated carbocycles. The summed E-state index contributed by atoms with van der Waals surface area (Å²) in [6, 6.07) is 0. The summed E-state index contributed by atoms with van der Waals surface area (Å²) >= 11 is 0. The van der Waals surface area contributed by atoms with E-state index in [-0.39, 0.29) is 0 Å². The third-order valence-corrected chi connectivity index (χ3v) is 1.50. The second kappa shape index (κ2) is 5.10. The lowest BCUT2D eigenvalue weighted by Gasteiger charge is -2.25. The molecule has 0 unspecified atom stereocenters. The van der Waals surface area contributed by atoms with Gasteiger partial charge in [0.15, 0.2) is 0 Å². The highest BCUT2D eigenvalue weighted by Crippen LogP contribution is 2.04. The number of rotatable bonds is 5. The van der Waals surface area contributed by atoms with E-state index < -0.39 is 37.0 Å². The molecule has 13 heavy (non-hydrogen) atoms. The minimum absolute atomic E-state index is 0.863. The maximum atomic E-state index is 9.98. The van der Waals surface area contributed by atoms with Crippen molar-refractivity contribution in [2.24, 2.45) is 0 Å². The maximum absolute atomic E-state index is 9.98. The number of carboxylic acids is 1. The van der Waals surface area contributed by atoms with Crippen LogP contribution in [0, 0.1) is 0 Å². The van der Waals surface area contributed by atoms with Crippen LogP contribution in [-0.4, -0.2) is 62.5 Å². The molecule has 0 aliphatic heterocycles. The van der Waals surface area contributed by atoms with Crippen LogP contribution in [0.5, 0.6) is 0 Å². The fourth-order valence-electron chi connectivity index (χ4n) is 0.662. The van der Waals surface area contributed by atoms with Gasteiger partial charge in [0, 0.05) is 0 Å². The number of carbonyl (C=O) groups excluding carboxylic acids is 1. The highest BCUT2D eigenvalue weighted by atomic mass is 16.4. The van der Waals surface area contributed by atoms with Crippen molar-refractivity contribution in [3.05, 3.63) is 0 Å². The number of hydrogen-bond donors (Lipinski definition) is 5. The van der Waals surface area contributed by atoms with Gasteiger partial charge < -0.3 is 35.4 Å². The Bertz CT molecular complexity index is 170. The van der Waals surface area contributed by atoms with Crippen LogP contribution < -0.4 is 5.11 Å². The highest BCUT2D eigenvalue weighted by Gasteiger charge is 2.30. The van der Waals surface area contributed by atoms with Crippen molar-refractivity contribution < 1.29 is 35.4 Å². The molecule has 0 aromatic heterocycles. The Hall–Kier alpha value is -0.730. The number of aliphatic hydroxyl groups is 5. The average molecular weight is 195 g/mol. The standard InChI is InChI=1S/C6H12O7/c7-1-2(8)3(9)4(10)5(11)6(12)13/h2-5,7-11H,1H2,(H,12,13)/p-1/t2-,3+,4+,5-/m1/s1. The Morgan fingerprint density at radius 2 is 1.62 bits per heavy atom. The molecule has 0 rings (SSSR count). The van der Waals surface area contributed by atoms with E-state index in [1.807, 2.05) is 0 Å². The zero-order valence-corrected chi connectivity index (χ0v) is 6.57. The van der Waals surface area contributed by atoms with Gasteiger partial charge >= 0.3 is 0 Å². The normalized spacial score (nSPS) is 20.4. The molecule has 7 nitrogen and oxygen atoms in total. The first-order valence-electron chi connectivity index (χ1n) is 3.45. The van der Waals surface area contributed by atoms with Gasteiger partial charge in [-0.2, -0.15) is 0 Å². The predicted molar refractivity (Wildman–Crippen MR) is 36.1 cm³/mol. The van der Waals surface area contributed by atoms with Crippen molar-refractivity contribution in [2.45, 2.75) is 24.4 Å². The molecule has 4 atom stereocenters. The molecule has 0 aromatic carbocycles. The van der Waals surface area contributed by atoms with E-state index in [1.165, 1.54) is 0 Å². The summed E-state index contributed by atoms with van der Waals surface area (Å²) in [5.41, 5.74) is 0. The summed E-state index contributed by atoms with van der Waals surface area (Å²) in [5.74, 6) is -1.98. The topological polar surface area (TPSA) is 141 Å². The molecule has 0 heterocycles. The van der Waals surface area contributed by atoms with Crippen molar-refractivity contribution >= 4 is 5.97 Å². The highest BCUT2D eigenvalue weighted by molar-refractivity contribution is 5.70. The van der Waals surface area contributed by atoms with Gasteiger partial charge in [-0.15, -0.1) is 0 Å². The van der Waals surface area contributed by atoms with Crippen LogP contribution in [0.3, 0.4) is 0 Å². The molecule has 0 aliphatic rings. The molecule has 0 aromatic rings. The molecule has 0 amide bonds. The molecule has 0 saturated heterocycles. The lowest BCUT2D eigenvalue weighted by atomic mass is 10.0. The van der Waals surface area contributed by atoms with Gasteiger partial charge in [-0.25, -0.2) is 0 Å². The number of carboxylic acid groups (broad SMARTS) is 1. The Balaban J connectivity index is 4.24. The Labute approximate surface area is 73.5 Å². The fourth-order valence-corrected chi connectivity index (χ4v) is 0.662. The monoisotopic (exact) mass is 195 g/mol. The van der Waals surface area contributed by atoms with Crippen LogP contribution in [0.25, 0.3) is 0 Å². The van der Waals surface area contributed by atoms with Crippen LogP contribution >= 0.6 is 0 Å². The first-order valence-corrected chi connectivity index (χ1v) is 3.45. The number of carbonyl (C=O) groups is 1. The van der Waals surface area contributed by atoms with E-state index in [0.717, 1.165) is 0 Å². The van der Waals surface area contributed by atoms with Crippen molar-refractivity contribution in [3.63, 3.8) is 0 Å². The Kier molecular flexibility index (Phi) is 4.81. The molecule has 0 aliphatic carbocycles. The third-order valence-electron chi connectivity index (χ3n) is 1.50. The zero-order valence-electron chi connectivity index (χ0n) is 6.57. The minimum atomic E-state index is -2.31. The quantitative estimate of drug-likeness (QED) is 0.296. The fraction of sp³-hybridized carbons (Fsp3) is 0.833. The van der Waals surface area contributed by atoms with E-state index in [1.54, 1.807) is 0 Å². The zero-order chi connectivity index (χ0) is 10.6. The van der Waals surface area contributed by atoms with Gasteiger partial charge in [-0.05, 0) is 0 Å². The van der Waals surface area contributed by atoms with Crippen molar-refractivity contribution in [2.75, 3.05) is 6.61 Å². The van der Waals surface area contributed by atoms with Crippen LogP contribution in [0.15, 0.2) is 0 Å². The molecule has 0 radical (unpaired) electrons. The smallest absolute Gasteiger partial charge is 0.122 e. The SMILES string of the molecule is O=C([O-])[C@H](O)[C@@H](O)[C@@H](O)[C@H](O)CO. The largest absolute Gasteiger partial charge is 0.547 e. The van der Waals surface area contributed by atoms with Gasteiger partial charge in [-0.1, -0.05) is 0 Å². The lowest BCUT2D eigenvalue weighted by Crippen LogP contribution is -2.52. The van der Waals surface area contributed by atoms with Gasteiger partial charge in [0.2, 0.25) is 0 Å². The summed E-state index contributed by atoms with van der Waals surface area (Å²) in [5, 5.41) is 53.4. The molecule has 5 N–H and O–H groups in total. The first kappa shape index (κ1) is 12.3. The van der Waals surface area contributed by atoms with E-state index in [0.29, 0.717) is 0 Å². The van der Waals surface area contributed by atoms with Crippen molar-refractivity contribution in [1.29, 1.82) is 0 Å². The first-order chi connectivity index (χ1) is 5.91. The van der Waals surface area contributed by atoms with E-state index in [2.05, 4.69) is 0 Å². The number of aliphatic hydroxyl groups excluding tert-OH is 5. The van der Waals surface area contributed by atoms with E-state index in [9.17, 15) is 9.90 Å². The van der Waals surface area contributed by atoms with Crippen LogP contribution in [0.1, 0.15) is 0 Å². The lowest BCUT2D eigenvalue weighted by molar-refractivity contribution is -0.320. The van der Waals surface area contributed by atoms with Crippen molar-refractivity contribution in [3.8, 4) is 0 Å². The molecule has 0 fully saturated rings. The minimum Gasteiger partial charge on any atom is -0.547 e. The van der Waals surface area contributed by atoms with Gasteiger partial charge in [-0.3, -0.25) is 0 Å². The Morgan fingerprint density at radius 3 is 1.92 bits per heavy atom. The van der Waals surface area contributed by atoms with E-state index in [4.69, 9.17) is 25.5 Å². The average Bonchev–Trinajstić information content (AvgIpc) is 2.12. The molecule has 0 spiro atoms. The molecular formula is C6H11O7-. The predicted octanol–water partition coefficient (Wildman–Crippen LogP) is -4.83. The van der Waals surface area contributed by atoms with Crippen LogP contribution in [-0.2, 0) is 4.79 Å². The molecule has 7 heteroatoms. The number of hydrogen-bond acceptors (Lipinski definition) is 7. The second-order valence-electron chi connectivity index (χ2n) is 2.49. The van der Waals surface area contributed by atoms with Crippen LogP contribution in [0.2, 0.25) is 0 Å². The number of aliphatic carboxylic acids is 1. The summed E-state index contributed by atoms with van der Waals surface area (Å²) in [4.78, 5) is 9.98. The summed E-state index contributed by atoms with van der Waals surface area (Å²) in [6.45, 7) is -0.863. The summed E-state index contributed by atoms with van der Waals surface area (Å²) in [7, 11) is 0. The molecular weight excluding hydrogens is 184 g/mol. The Morgan fingerprint density at radius 1 is 1.15 bits per heavy atom. The van der Waals surface area contributed by atoms with Gasteiger partial charge in [0.1, 0.15) is 24.4 Å². The van der Waals surface area contributed by atoms with Gasteiger partial charge in [0.25, 0.3) is 0 Å². The maximum Gasteiger partial charge on any atom is 0.122 e. The van der Waals surface area contributed by atoms with Gasteiger partial charge in [0.05, 0.1) is 12.6 Å². The second-order valence-corrected chi connectivity index (χ2v) is 2.49. The van der Waals surface area contributed by atoms with Crippen molar-refractivity contribution in [1.82, 2.24) is 0 Å². The van der Waals surface area contributed by atoms with E-state index >= 15 is 0 Å². The molecule has 0 bridgehead atoms. The summed E-state index contributed by atoms with van der Waals surface area (Å²) < 4.78 is 0.